The Balaban J connectivity index is 2.80. The van der Waals surface area contributed by atoms with Gasteiger partial charge in [0.25, 0.3) is 0 Å². The third-order valence-electron chi connectivity index (χ3n) is 2.80. The standard InChI is InChI=1S/C12H20INO2/c1-12(2,13)14-8-6-5-7-10(15-3)11(9-14)16-4/h10-11H,6,8-9H2,1-4H3. The number of methoxy groups -OCH3 is 2. The largest absolute Gasteiger partial charge is 0.376 e. The molecular weight excluding hydrogens is 317 g/mol. The molecule has 0 amide bonds. The molecule has 0 aliphatic carbocycles. The van der Waals surface area contributed by atoms with Crippen LogP contribution in [-0.2, 0) is 9.47 Å². The van der Waals surface area contributed by atoms with Crippen molar-refractivity contribution in [1.82, 2.24) is 4.90 Å². The molecule has 1 heterocycles. The fourth-order valence-electron chi connectivity index (χ4n) is 1.75. The first-order valence-corrected chi connectivity index (χ1v) is 6.55. The Bertz CT molecular complexity index is 277. The second kappa shape index (κ2) is 6.20. The smallest absolute Gasteiger partial charge is 0.145 e. The van der Waals surface area contributed by atoms with Crippen molar-refractivity contribution in [2.24, 2.45) is 0 Å². The van der Waals surface area contributed by atoms with Gasteiger partial charge in [-0.25, -0.2) is 0 Å². The number of rotatable bonds is 3. The molecule has 4 heteroatoms. The van der Waals surface area contributed by atoms with Crippen molar-refractivity contribution >= 4 is 22.6 Å². The van der Waals surface area contributed by atoms with Crippen LogP contribution in [0.25, 0.3) is 0 Å². The summed E-state index contributed by atoms with van der Waals surface area (Å²) in [6.07, 6.45) is 0.793. The summed E-state index contributed by atoms with van der Waals surface area (Å²) in [4.78, 5) is 2.39. The van der Waals surface area contributed by atoms with Crippen molar-refractivity contribution in [3.63, 3.8) is 0 Å². The van der Waals surface area contributed by atoms with Crippen LogP contribution in [0.3, 0.4) is 0 Å². The Hall–Kier alpha value is 0.170. The van der Waals surface area contributed by atoms with Crippen LogP contribution in [0.5, 0.6) is 0 Å². The van der Waals surface area contributed by atoms with Gasteiger partial charge in [0.15, 0.2) is 0 Å². The first-order chi connectivity index (χ1) is 7.49. The van der Waals surface area contributed by atoms with Crippen molar-refractivity contribution in [2.75, 3.05) is 27.3 Å². The van der Waals surface area contributed by atoms with E-state index >= 15 is 0 Å². The van der Waals surface area contributed by atoms with Gasteiger partial charge >= 0.3 is 0 Å². The van der Waals surface area contributed by atoms with Crippen molar-refractivity contribution < 1.29 is 9.47 Å². The molecule has 3 nitrogen and oxygen atoms in total. The summed E-state index contributed by atoms with van der Waals surface area (Å²) in [6, 6.07) is 0. The van der Waals surface area contributed by atoms with E-state index in [0.29, 0.717) is 0 Å². The second-order valence-corrected chi connectivity index (χ2v) is 7.00. The molecule has 92 valence electrons. The highest BCUT2D eigenvalue weighted by atomic mass is 127. The van der Waals surface area contributed by atoms with Gasteiger partial charge in [-0.15, -0.1) is 0 Å². The fourth-order valence-corrected chi connectivity index (χ4v) is 2.19. The SMILES string of the molecule is COC1C#CCCN(C(C)(C)I)CC1OC. The first kappa shape index (κ1) is 14.2. The van der Waals surface area contributed by atoms with E-state index in [9.17, 15) is 0 Å². The normalized spacial score (nSPS) is 27.8. The van der Waals surface area contributed by atoms with Gasteiger partial charge in [0, 0.05) is 33.7 Å². The lowest BCUT2D eigenvalue weighted by Gasteiger charge is -2.37. The highest BCUT2D eigenvalue weighted by molar-refractivity contribution is 14.1. The topological polar surface area (TPSA) is 21.7 Å². The zero-order valence-corrected chi connectivity index (χ0v) is 12.6. The fraction of sp³-hybridized carbons (Fsp3) is 0.833. The van der Waals surface area contributed by atoms with E-state index in [0.717, 1.165) is 19.5 Å². The lowest BCUT2D eigenvalue weighted by Crippen LogP contribution is -2.48. The molecule has 0 fully saturated rings. The Kier molecular flexibility index (Phi) is 5.51. The Morgan fingerprint density at radius 1 is 1.31 bits per heavy atom. The van der Waals surface area contributed by atoms with Crippen molar-refractivity contribution in [3.8, 4) is 11.8 Å². The average Bonchev–Trinajstić information content (AvgIpc) is 2.16. The summed E-state index contributed by atoms with van der Waals surface area (Å²) in [5.74, 6) is 6.27. The van der Waals surface area contributed by atoms with Crippen LogP contribution in [0, 0.1) is 11.8 Å². The molecule has 0 N–H and O–H groups in total. The highest BCUT2D eigenvalue weighted by Crippen LogP contribution is 2.24. The van der Waals surface area contributed by atoms with Crippen LogP contribution < -0.4 is 0 Å². The monoisotopic (exact) mass is 337 g/mol. The first-order valence-electron chi connectivity index (χ1n) is 5.47. The van der Waals surface area contributed by atoms with Crippen LogP contribution in [-0.4, -0.2) is 48.0 Å². The van der Waals surface area contributed by atoms with Crippen molar-refractivity contribution in [2.45, 2.75) is 36.0 Å². The highest BCUT2D eigenvalue weighted by Gasteiger charge is 2.29. The third-order valence-corrected chi connectivity index (χ3v) is 3.48. The zero-order valence-electron chi connectivity index (χ0n) is 10.4. The Labute approximate surface area is 112 Å². The van der Waals surface area contributed by atoms with Crippen LogP contribution in [0.2, 0.25) is 0 Å². The van der Waals surface area contributed by atoms with E-state index in [4.69, 9.17) is 9.47 Å². The molecule has 16 heavy (non-hydrogen) atoms. The molecule has 1 aliphatic heterocycles. The summed E-state index contributed by atoms with van der Waals surface area (Å²) >= 11 is 2.45. The summed E-state index contributed by atoms with van der Waals surface area (Å²) in [5.41, 5.74) is 0. The van der Waals surface area contributed by atoms with Crippen molar-refractivity contribution in [3.05, 3.63) is 0 Å². The molecule has 2 atom stereocenters. The van der Waals surface area contributed by atoms with Gasteiger partial charge in [-0.1, -0.05) is 34.4 Å². The van der Waals surface area contributed by atoms with Crippen LogP contribution >= 0.6 is 22.6 Å². The zero-order chi connectivity index (χ0) is 12.2. The lowest BCUT2D eigenvalue weighted by molar-refractivity contribution is -0.0310. The minimum atomic E-state index is -0.119. The average molecular weight is 337 g/mol. The minimum absolute atomic E-state index is 0.0202. The summed E-state index contributed by atoms with van der Waals surface area (Å²) < 4.78 is 11.0. The molecule has 2 unspecified atom stereocenters. The summed E-state index contributed by atoms with van der Waals surface area (Å²) in [5, 5.41) is 0. The molecule has 0 aromatic heterocycles. The molecule has 0 radical (unpaired) electrons. The molecule has 0 saturated heterocycles. The molecule has 1 aliphatic rings. The minimum Gasteiger partial charge on any atom is -0.376 e. The maximum absolute atomic E-state index is 5.48. The van der Waals surface area contributed by atoms with Gasteiger partial charge in [0.1, 0.15) is 12.2 Å². The molecular formula is C12H20INO2. The second-order valence-electron chi connectivity index (χ2n) is 4.36. The molecule has 0 bridgehead atoms. The predicted octanol–water partition coefficient (Wildman–Crippen LogP) is 1.90. The van der Waals surface area contributed by atoms with E-state index in [-0.39, 0.29) is 15.8 Å². The van der Waals surface area contributed by atoms with Crippen molar-refractivity contribution in [1.29, 1.82) is 0 Å². The van der Waals surface area contributed by atoms with Gasteiger partial charge < -0.3 is 9.47 Å². The maximum atomic E-state index is 5.48. The Morgan fingerprint density at radius 2 is 2.00 bits per heavy atom. The van der Waals surface area contributed by atoms with Crippen LogP contribution in [0.4, 0.5) is 0 Å². The molecule has 0 aromatic rings. The van der Waals surface area contributed by atoms with Crippen LogP contribution in [0.1, 0.15) is 20.3 Å². The van der Waals surface area contributed by atoms with Gasteiger partial charge in [-0.05, 0) is 13.8 Å². The van der Waals surface area contributed by atoms with Gasteiger partial charge in [-0.2, -0.15) is 0 Å². The Morgan fingerprint density at radius 3 is 2.50 bits per heavy atom. The lowest BCUT2D eigenvalue weighted by atomic mass is 10.1. The van der Waals surface area contributed by atoms with Gasteiger partial charge in [0.2, 0.25) is 0 Å². The predicted molar refractivity (Wildman–Crippen MR) is 73.7 cm³/mol. The van der Waals surface area contributed by atoms with Crippen LogP contribution in [0.15, 0.2) is 0 Å². The molecule has 0 saturated carbocycles. The van der Waals surface area contributed by atoms with E-state index in [2.05, 4.69) is 53.2 Å². The van der Waals surface area contributed by atoms with E-state index in [1.807, 2.05) is 0 Å². The number of alkyl halides is 1. The van der Waals surface area contributed by atoms with E-state index < -0.39 is 0 Å². The molecule has 1 rings (SSSR count). The molecule has 0 aromatic carbocycles. The number of hydrogen-bond donors (Lipinski definition) is 0. The quantitative estimate of drug-likeness (QED) is 0.340. The van der Waals surface area contributed by atoms with E-state index in [1.165, 1.54) is 0 Å². The molecule has 0 spiro atoms. The number of ether oxygens (including phenoxy) is 2. The number of nitrogens with zero attached hydrogens (tertiary/aromatic N) is 1. The number of halogens is 1. The third kappa shape index (κ3) is 3.88. The van der Waals surface area contributed by atoms with Gasteiger partial charge in [-0.3, -0.25) is 4.90 Å². The number of hydrogen-bond acceptors (Lipinski definition) is 3. The van der Waals surface area contributed by atoms with Gasteiger partial charge in [0.05, 0.1) is 3.55 Å². The maximum Gasteiger partial charge on any atom is 0.145 e. The summed E-state index contributed by atoms with van der Waals surface area (Å²) in [7, 11) is 3.41. The van der Waals surface area contributed by atoms with E-state index in [1.54, 1.807) is 14.2 Å². The summed E-state index contributed by atoms with van der Waals surface area (Å²) in [6.45, 7) is 6.26.